The van der Waals surface area contributed by atoms with Crippen LogP contribution in [0.25, 0.3) is 0 Å². The van der Waals surface area contributed by atoms with Crippen molar-refractivity contribution < 1.29 is 4.39 Å². The number of halogens is 1. The van der Waals surface area contributed by atoms with Crippen molar-refractivity contribution >= 4 is 0 Å². The van der Waals surface area contributed by atoms with Crippen molar-refractivity contribution in [3.63, 3.8) is 0 Å². The van der Waals surface area contributed by atoms with Crippen molar-refractivity contribution in [2.45, 2.75) is 32.6 Å². The fraction of sp³-hybridized carbons (Fsp3) is 0.462. The van der Waals surface area contributed by atoms with Gasteiger partial charge in [-0.25, -0.2) is 4.39 Å². The number of nitriles is 1. The van der Waals surface area contributed by atoms with Gasteiger partial charge in [-0.2, -0.15) is 5.26 Å². The second-order valence-electron chi connectivity index (χ2n) is 4.52. The summed E-state index contributed by atoms with van der Waals surface area (Å²) in [6.45, 7) is 1.95. The lowest BCUT2D eigenvalue weighted by atomic mass is 9.66. The summed E-state index contributed by atoms with van der Waals surface area (Å²) in [6.07, 6.45) is 3.49. The van der Waals surface area contributed by atoms with E-state index in [9.17, 15) is 4.39 Å². The smallest absolute Gasteiger partial charge is 0.126 e. The summed E-state index contributed by atoms with van der Waals surface area (Å²) < 4.78 is 13.5. The first-order valence-electron chi connectivity index (χ1n) is 5.31. The molecule has 0 unspecified atom stereocenters. The highest BCUT2D eigenvalue weighted by Crippen LogP contribution is 2.43. The number of nitrogens with zero attached hydrogens (tertiary/aromatic N) is 1. The normalized spacial score (nSPS) is 17.9. The van der Waals surface area contributed by atoms with Crippen molar-refractivity contribution in [1.82, 2.24) is 0 Å². The van der Waals surface area contributed by atoms with E-state index in [0.29, 0.717) is 12.0 Å². The summed E-state index contributed by atoms with van der Waals surface area (Å²) in [5, 5.41) is 9.09. The highest BCUT2D eigenvalue weighted by molar-refractivity contribution is 5.27. The number of rotatable bonds is 2. The molecule has 1 aliphatic rings. The molecular formula is C13H14FN. The number of benzene rings is 1. The molecule has 1 nitrogen and oxygen atoms in total. The van der Waals surface area contributed by atoms with Gasteiger partial charge >= 0.3 is 0 Å². The van der Waals surface area contributed by atoms with Gasteiger partial charge in [0.2, 0.25) is 0 Å². The Morgan fingerprint density at radius 2 is 2.20 bits per heavy atom. The molecule has 1 aromatic rings. The molecule has 0 saturated heterocycles. The van der Waals surface area contributed by atoms with Crippen LogP contribution in [-0.2, 0) is 6.42 Å². The lowest BCUT2D eigenvalue weighted by molar-refractivity contribution is 0.212. The summed E-state index contributed by atoms with van der Waals surface area (Å²) in [5.74, 6) is -0.179. The number of aryl methyl sites for hydroxylation is 1. The molecule has 0 aromatic heterocycles. The van der Waals surface area contributed by atoms with Gasteiger partial charge in [-0.1, -0.05) is 24.1 Å². The molecule has 1 fully saturated rings. The molecule has 0 bridgehead atoms. The van der Waals surface area contributed by atoms with Gasteiger partial charge in [-0.15, -0.1) is 0 Å². The Morgan fingerprint density at radius 3 is 2.73 bits per heavy atom. The van der Waals surface area contributed by atoms with Gasteiger partial charge in [-0.05, 0) is 37.8 Å². The predicted molar refractivity (Wildman–Crippen MR) is 56.7 cm³/mol. The fourth-order valence-corrected chi connectivity index (χ4v) is 2.14. The molecule has 2 rings (SSSR count). The van der Waals surface area contributed by atoms with Crippen LogP contribution in [0.5, 0.6) is 0 Å². The molecular weight excluding hydrogens is 189 g/mol. The van der Waals surface area contributed by atoms with E-state index in [1.807, 2.05) is 13.0 Å². The first-order chi connectivity index (χ1) is 7.15. The summed E-state index contributed by atoms with van der Waals surface area (Å²) in [4.78, 5) is 0. The summed E-state index contributed by atoms with van der Waals surface area (Å²) in [5.41, 5.74) is 1.46. The third-order valence-electron chi connectivity index (χ3n) is 3.28. The number of hydrogen-bond donors (Lipinski definition) is 0. The molecule has 1 saturated carbocycles. The third kappa shape index (κ3) is 1.87. The molecule has 0 spiro atoms. The molecule has 0 radical (unpaired) electrons. The average Bonchev–Trinajstić information content (AvgIpc) is 2.17. The Morgan fingerprint density at radius 1 is 1.47 bits per heavy atom. The van der Waals surface area contributed by atoms with Gasteiger partial charge in [0.05, 0.1) is 11.5 Å². The van der Waals surface area contributed by atoms with Gasteiger partial charge < -0.3 is 0 Å². The minimum Gasteiger partial charge on any atom is -0.207 e. The van der Waals surface area contributed by atoms with Crippen LogP contribution >= 0.6 is 0 Å². The van der Waals surface area contributed by atoms with Crippen molar-refractivity contribution in [3.8, 4) is 6.07 Å². The zero-order valence-electron chi connectivity index (χ0n) is 8.89. The van der Waals surface area contributed by atoms with Gasteiger partial charge in [0.1, 0.15) is 5.82 Å². The SMILES string of the molecule is Cc1ccc(F)c(CC2(C#N)CCC2)c1. The van der Waals surface area contributed by atoms with Crippen LogP contribution in [0.1, 0.15) is 30.4 Å². The molecule has 0 atom stereocenters. The summed E-state index contributed by atoms with van der Waals surface area (Å²) >= 11 is 0. The Balaban J connectivity index is 2.24. The van der Waals surface area contributed by atoms with Crippen molar-refractivity contribution in [2.75, 3.05) is 0 Å². The minimum absolute atomic E-state index is 0.179. The van der Waals surface area contributed by atoms with E-state index >= 15 is 0 Å². The molecule has 15 heavy (non-hydrogen) atoms. The van der Waals surface area contributed by atoms with E-state index in [-0.39, 0.29) is 11.2 Å². The first kappa shape index (κ1) is 10.2. The van der Waals surface area contributed by atoms with Gasteiger partial charge in [0.25, 0.3) is 0 Å². The van der Waals surface area contributed by atoms with Crippen LogP contribution in [0.2, 0.25) is 0 Å². The van der Waals surface area contributed by atoms with E-state index in [0.717, 1.165) is 24.8 Å². The summed E-state index contributed by atoms with van der Waals surface area (Å²) in [6, 6.07) is 7.45. The lowest BCUT2D eigenvalue weighted by Crippen LogP contribution is -2.30. The predicted octanol–water partition coefficient (Wildman–Crippen LogP) is 3.37. The van der Waals surface area contributed by atoms with Crippen LogP contribution in [0.4, 0.5) is 4.39 Å². The highest BCUT2D eigenvalue weighted by Gasteiger charge is 2.37. The topological polar surface area (TPSA) is 23.8 Å². The quantitative estimate of drug-likeness (QED) is 0.723. The summed E-state index contributed by atoms with van der Waals surface area (Å²) in [7, 11) is 0. The highest BCUT2D eigenvalue weighted by atomic mass is 19.1. The van der Waals surface area contributed by atoms with Crippen LogP contribution in [0.15, 0.2) is 18.2 Å². The van der Waals surface area contributed by atoms with Crippen LogP contribution < -0.4 is 0 Å². The van der Waals surface area contributed by atoms with E-state index in [2.05, 4.69) is 6.07 Å². The van der Waals surface area contributed by atoms with E-state index < -0.39 is 0 Å². The lowest BCUT2D eigenvalue weighted by Gasteiger charge is -2.35. The molecule has 0 N–H and O–H groups in total. The van der Waals surface area contributed by atoms with Gasteiger partial charge in [0.15, 0.2) is 0 Å². The second-order valence-corrected chi connectivity index (χ2v) is 4.52. The molecule has 1 aliphatic carbocycles. The Labute approximate surface area is 89.5 Å². The zero-order chi connectivity index (χ0) is 10.9. The van der Waals surface area contributed by atoms with Crippen LogP contribution in [0, 0.1) is 29.5 Å². The fourth-order valence-electron chi connectivity index (χ4n) is 2.14. The zero-order valence-corrected chi connectivity index (χ0v) is 8.89. The van der Waals surface area contributed by atoms with Gasteiger partial charge in [-0.3, -0.25) is 0 Å². The standard InChI is InChI=1S/C13H14FN/c1-10-3-4-12(14)11(7-10)8-13(9-15)5-2-6-13/h3-4,7H,2,5-6,8H2,1H3. The van der Waals surface area contributed by atoms with Gasteiger partial charge in [0, 0.05) is 0 Å². The van der Waals surface area contributed by atoms with Crippen molar-refractivity contribution in [1.29, 1.82) is 5.26 Å². The largest absolute Gasteiger partial charge is 0.207 e. The van der Waals surface area contributed by atoms with E-state index in [4.69, 9.17) is 5.26 Å². The van der Waals surface area contributed by atoms with Crippen molar-refractivity contribution in [3.05, 3.63) is 35.1 Å². The molecule has 0 aliphatic heterocycles. The first-order valence-corrected chi connectivity index (χ1v) is 5.31. The molecule has 2 heteroatoms. The molecule has 0 amide bonds. The molecule has 1 aromatic carbocycles. The second kappa shape index (κ2) is 3.66. The monoisotopic (exact) mass is 203 g/mol. The third-order valence-corrected chi connectivity index (χ3v) is 3.28. The maximum Gasteiger partial charge on any atom is 0.126 e. The van der Waals surface area contributed by atoms with Crippen LogP contribution in [0.3, 0.4) is 0 Å². The Hall–Kier alpha value is -1.36. The van der Waals surface area contributed by atoms with E-state index in [1.54, 1.807) is 6.07 Å². The van der Waals surface area contributed by atoms with Crippen LogP contribution in [-0.4, -0.2) is 0 Å². The molecule has 0 heterocycles. The Bertz CT molecular complexity index is 413. The maximum absolute atomic E-state index is 13.5. The maximum atomic E-state index is 13.5. The van der Waals surface area contributed by atoms with E-state index in [1.165, 1.54) is 6.07 Å². The average molecular weight is 203 g/mol. The van der Waals surface area contributed by atoms with Crippen molar-refractivity contribution in [2.24, 2.45) is 5.41 Å². The number of hydrogen-bond acceptors (Lipinski definition) is 1. The Kier molecular flexibility index (Phi) is 2.48. The minimum atomic E-state index is -0.283. The molecule has 78 valence electrons.